The second-order valence-corrected chi connectivity index (χ2v) is 7.39. The number of hydrogen-bond donors (Lipinski definition) is 2. The zero-order chi connectivity index (χ0) is 19.6. The lowest BCUT2D eigenvalue weighted by Gasteiger charge is -2.28. The van der Waals surface area contributed by atoms with Crippen molar-refractivity contribution in [3.63, 3.8) is 0 Å². The summed E-state index contributed by atoms with van der Waals surface area (Å²) in [7, 11) is 0. The lowest BCUT2D eigenvalue weighted by atomic mass is 9.85. The van der Waals surface area contributed by atoms with Gasteiger partial charge in [0.25, 0.3) is 0 Å². The number of aliphatic hydroxyl groups is 1. The molecule has 0 heterocycles. The molecule has 2 N–H and O–H groups in total. The third kappa shape index (κ3) is 7.67. The van der Waals surface area contributed by atoms with Crippen molar-refractivity contribution in [2.45, 2.75) is 52.6 Å². The van der Waals surface area contributed by atoms with E-state index in [9.17, 15) is 14.7 Å². The normalized spacial score (nSPS) is 21.9. The summed E-state index contributed by atoms with van der Waals surface area (Å²) < 4.78 is 5.42. The second kappa shape index (κ2) is 11.1. The molecule has 5 nitrogen and oxygen atoms in total. The number of allylic oxidation sites excluding steroid dienone is 5. The van der Waals surface area contributed by atoms with Gasteiger partial charge < -0.3 is 14.9 Å². The molecule has 0 aromatic rings. The fourth-order valence-corrected chi connectivity index (χ4v) is 2.80. The van der Waals surface area contributed by atoms with Gasteiger partial charge in [0.2, 0.25) is 0 Å². The highest BCUT2D eigenvalue weighted by molar-refractivity contribution is 5.95. The van der Waals surface area contributed by atoms with Crippen LogP contribution in [-0.4, -0.2) is 41.3 Å². The highest BCUT2D eigenvalue weighted by Crippen LogP contribution is 2.29. The summed E-state index contributed by atoms with van der Waals surface area (Å²) in [6.45, 7) is 6.90. The Hall–Kier alpha value is -1.72. The summed E-state index contributed by atoms with van der Waals surface area (Å²) in [4.78, 5) is 22.5. The Balaban J connectivity index is 2.54. The van der Waals surface area contributed by atoms with Crippen molar-refractivity contribution in [2.75, 3.05) is 13.2 Å². The van der Waals surface area contributed by atoms with Crippen molar-refractivity contribution >= 4 is 11.8 Å². The average Bonchev–Trinajstić information content (AvgIpc) is 2.93. The Morgan fingerprint density at radius 1 is 1.38 bits per heavy atom. The molecule has 1 aliphatic rings. The fourth-order valence-electron chi connectivity index (χ4n) is 2.80. The van der Waals surface area contributed by atoms with Crippen molar-refractivity contribution in [3.05, 3.63) is 36.5 Å². The molecule has 146 valence electrons. The molecular weight excluding hydrogens is 332 g/mol. The van der Waals surface area contributed by atoms with E-state index >= 15 is 0 Å². The number of aliphatic hydroxyl groups excluding tert-OH is 1. The van der Waals surface area contributed by atoms with Crippen LogP contribution < -0.4 is 0 Å². The van der Waals surface area contributed by atoms with Crippen LogP contribution in [0.4, 0.5) is 0 Å². The van der Waals surface area contributed by atoms with Crippen LogP contribution in [0.2, 0.25) is 0 Å². The zero-order valence-corrected chi connectivity index (χ0v) is 16.1. The van der Waals surface area contributed by atoms with Gasteiger partial charge in [-0.05, 0) is 32.3 Å². The minimum Gasteiger partial charge on any atom is -0.481 e. The standard InChI is InChI=1S/C21H32O5/c1-4-26-15-21(2,3)19(23)14-12-16-11-13-18(22)17(16)9-7-5-6-8-10-20(24)25/h5,7,11-14,16-17,19,23H,4,6,8-10,15H2,1-3H3,(H,24,25)/b7-5-,14-12+/t16-,17+,19+/m1/s1. The third-order valence-electron chi connectivity index (χ3n) is 4.63. The van der Waals surface area contributed by atoms with Gasteiger partial charge in [-0.15, -0.1) is 0 Å². The Morgan fingerprint density at radius 2 is 2.12 bits per heavy atom. The van der Waals surface area contributed by atoms with E-state index in [-0.39, 0.29) is 24.0 Å². The Kier molecular flexibility index (Phi) is 9.52. The van der Waals surface area contributed by atoms with Gasteiger partial charge in [0.1, 0.15) is 0 Å². The van der Waals surface area contributed by atoms with Crippen molar-refractivity contribution < 1.29 is 24.5 Å². The van der Waals surface area contributed by atoms with Crippen molar-refractivity contribution in [2.24, 2.45) is 17.3 Å². The first-order valence-electron chi connectivity index (χ1n) is 9.31. The lowest BCUT2D eigenvalue weighted by Crippen LogP contribution is -2.32. The Bertz CT molecular complexity index is 545. The predicted molar refractivity (Wildman–Crippen MR) is 102 cm³/mol. The number of carboxylic acids is 1. The quantitative estimate of drug-likeness (QED) is 0.409. The Labute approximate surface area is 156 Å². The fraction of sp³-hybridized carbons (Fsp3) is 0.619. The van der Waals surface area contributed by atoms with Crippen molar-refractivity contribution in [3.8, 4) is 0 Å². The van der Waals surface area contributed by atoms with E-state index in [4.69, 9.17) is 9.84 Å². The number of ketones is 1. The maximum atomic E-state index is 12.1. The van der Waals surface area contributed by atoms with Crippen LogP contribution in [0, 0.1) is 17.3 Å². The number of hydrogen-bond acceptors (Lipinski definition) is 4. The van der Waals surface area contributed by atoms with E-state index in [1.165, 1.54) is 0 Å². The van der Waals surface area contributed by atoms with Gasteiger partial charge in [-0.25, -0.2) is 0 Å². The molecule has 5 heteroatoms. The molecule has 0 aliphatic heterocycles. The number of carbonyl (C=O) groups excluding carboxylic acids is 1. The summed E-state index contributed by atoms with van der Waals surface area (Å²) in [5, 5.41) is 19.0. The van der Waals surface area contributed by atoms with Gasteiger partial charge in [-0.3, -0.25) is 9.59 Å². The van der Waals surface area contributed by atoms with E-state index in [0.29, 0.717) is 32.5 Å². The van der Waals surface area contributed by atoms with E-state index in [0.717, 1.165) is 0 Å². The number of unbranched alkanes of at least 4 members (excludes halogenated alkanes) is 1. The highest BCUT2D eigenvalue weighted by Gasteiger charge is 2.29. The van der Waals surface area contributed by atoms with Crippen LogP contribution in [0.5, 0.6) is 0 Å². The molecule has 0 spiro atoms. The molecule has 0 saturated heterocycles. The summed E-state index contributed by atoms with van der Waals surface area (Å²) in [5.41, 5.74) is -0.390. The molecule has 0 aromatic carbocycles. The maximum Gasteiger partial charge on any atom is 0.303 e. The van der Waals surface area contributed by atoms with Crippen LogP contribution in [0.25, 0.3) is 0 Å². The lowest BCUT2D eigenvalue weighted by molar-refractivity contribution is -0.137. The van der Waals surface area contributed by atoms with E-state index in [1.54, 1.807) is 12.2 Å². The van der Waals surface area contributed by atoms with Gasteiger partial charge in [0.15, 0.2) is 5.78 Å². The van der Waals surface area contributed by atoms with Gasteiger partial charge in [-0.1, -0.05) is 44.2 Å². The molecule has 1 rings (SSSR count). The molecule has 3 atom stereocenters. The summed E-state index contributed by atoms with van der Waals surface area (Å²) in [5.74, 6) is -0.865. The summed E-state index contributed by atoms with van der Waals surface area (Å²) in [6.07, 6.45) is 12.5. The van der Waals surface area contributed by atoms with E-state index in [2.05, 4.69) is 0 Å². The van der Waals surface area contributed by atoms with Gasteiger partial charge in [0, 0.05) is 30.3 Å². The van der Waals surface area contributed by atoms with E-state index in [1.807, 2.05) is 45.1 Å². The van der Waals surface area contributed by atoms with Crippen LogP contribution in [0.3, 0.4) is 0 Å². The largest absolute Gasteiger partial charge is 0.481 e. The van der Waals surface area contributed by atoms with Crippen molar-refractivity contribution in [1.82, 2.24) is 0 Å². The molecule has 0 amide bonds. The zero-order valence-electron chi connectivity index (χ0n) is 16.1. The summed E-state index contributed by atoms with van der Waals surface area (Å²) >= 11 is 0. The number of carboxylic acid groups (broad SMARTS) is 1. The average molecular weight is 364 g/mol. The minimum atomic E-state index is -0.787. The van der Waals surface area contributed by atoms with Gasteiger partial charge in [0.05, 0.1) is 12.7 Å². The molecule has 0 fully saturated rings. The highest BCUT2D eigenvalue weighted by atomic mass is 16.5. The molecule has 0 saturated carbocycles. The number of carbonyl (C=O) groups is 2. The first kappa shape index (κ1) is 22.3. The number of rotatable bonds is 12. The van der Waals surface area contributed by atoms with Crippen LogP contribution >= 0.6 is 0 Å². The molecular formula is C21H32O5. The van der Waals surface area contributed by atoms with E-state index < -0.39 is 17.5 Å². The SMILES string of the molecule is CCOCC(C)(C)[C@@H](O)/C=C/[C@H]1C=CC(=O)[C@H]1C/C=C\CCCC(=O)O. The van der Waals surface area contributed by atoms with Gasteiger partial charge in [-0.2, -0.15) is 0 Å². The minimum absolute atomic E-state index is 0.0243. The topological polar surface area (TPSA) is 83.8 Å². The molecule has 0 radical (unpaired) electrons. The molecule has 26 heavy (non-hydrogen) atoms. The first-order chi connectivity index (χ1) is 12.3. The third-order valence-corrected chi connectivity index (χ3v) is 4.63. The van der Waals surface area contributed by atoms with Crippen LogP contribution in [-0.2, 0) is 14.3 Å². The van der Waals surface area contributed by atoms with Crippen LogP contribution in [0.15, 0.2) is 36.5 Å². The molecule has 0 bridgehead atoms. The summed E-state index contributed by atoms with van der Waals surface area (Å²) in [6, 6.07) is 0. The molecule has 1 aliphatic carbocycles. The second-order valence-electron chi connectivity index (χ2n) is 7.39. The predicted octanol–water partition coefficient (Wildman–Crippen LogP) is 3.54. The monoisotopic (exact) mass is 364 g/mol. The number of aliphatic carboxylic acids is 1. The first-order valence-corrected chi connectivity index (χ1v) is 9.31. The maximum absolute atomic E-state index is 12.1. The van der Waals surface area contributed by atoms with Gasteiger partial charge >= 0.3 is 5.97 Å². The molecule has 0 unspecified atom stereocenters. The molecule has 0 aromatic heterocycles. The van der Waals surface area contributed by atoms with Crippen LogP contribution in [0.1, 0.15) is 46.5 Å². The number of ether oxygens (including phenoxy) is 1. The van der Waals surface area contributed by atoms with Crippen molar-refractivity contribution in [1.29, 1.82) is 0 Å². The Morgan fingerprint density at radius 3 is 2.77 bits per heavy atom. The smallest absolute Gasteiger partial charge is 0.303 e.